The van der Waals surface area contributed by atoms with Gasteiger partial charge in [0.05, 0.1) is 11.3 Å². The Bertz CT molecular complexity index is 780. The molecule has 7 heteroatoms. The number of aryl methyl sites for hydroxylation is 1. The van der Waals surface area contributed by atoms with E-state index in [9.17, 15) is 13.2 Å². The summed E-state index contributed by atoms with van der Waals surface area (Å²) in [5.41, 5.74) is 1.25. The minimum absolute atomic E-state index is 0.0103. The molecule has 0 saturated carbocycles. The standard InChI is InChI=1S/C22H31F3N4/c1-15(2)29(16(3)4)13-12-27-21-20(19(10-11-26-21)22(23,24)25)28-14-18-9-7-6-8-17(18)5/h6-11,15-16,28H,12-14H2,1-5H3,(H,26,27). The molecule has 0 spiro atoms. The maximum atomic E-state index is 13.6. The van der Waals surface area contributed by atoms with Crippen LogP contribution < -0.4 is 10.6 Å². The summed E-state index contributed by atoms with van der Waals surface area (Å²) in [7, 11) is 0. The molecule has 0 aliphatic heterocycles. The predicted molar refractivity (Wildman–Crippen MR) is 113 cm³/mol. The van der Waals surface area contributed by atoms with Gasteiger partial charge in [0.15, 0.2) is 0 Å². The molecule has 4 nitrogen and oxygen atoms in total. The molecule has 0 bridgehead atoms. The molecule has 0 aliphatic carbocycles. The lowest BCUT2D eigenvalue weighted by molar-refractivity contribution is -0.137. The van der Waals surface area contributed by atoms with E-state index in [1.54, 1.807) is 0 Å². The van der Waals surface area contributed by atoms with Crippen LogP contribution in [0.5, 0.6) is 0 Å². The van der Waals surface area contributed by atoms with Crippen molar-refractivity contribution in [1.82, 2.24) is 9.88 Å². The van der Waals surface area contributed by atoms with Gasteiger partial charge >= 0.3 is 6.18 Å². The number of nitrogens with one attached hydrogen (secondary N) is 2. The highest BCUT2D eigenvalue weighted by Crippen LogP contribution is 2.38. The fraction of sp³-hybridized carbons (Fsp3) is 0.500. The second-order valence-corrected chi connectivity index (χ2v) is 7.71. The van der Waals surface area contributed by atoms with Crippen LogP contribution in [-0.4, -0.2) is 35.1 Å². The molecule has 0 radical (unpaired) electrons. The van der Waals surface area contributed by atoms with E-state index in [2.05, 4.69) is 48.2 Å². The van der Waals surface area contributed by atoms with Crippen molar-refractivity contribution < 1.29 is 13.2 Å². The maximum Gasteiger partial charge on any atom is 0.418 e. The topological polar surface area (TPSA) is 40.2 Å². The summed E-state index contributed by atoms with van der Waals surface area (Å²) in [4.78, 5) is 6.46. The summed E-state index contributed by atoms with van der Waals surface area (Å²) in [6.45, 7) is 11.9. The van der Waals surface area contributed by atoms with Crippen LogP contribution in [0.25, 0.3) is 0 Å². The SMILES string of the molecule is Cc1ccccc1CNc1c(C(F)(F)F)ccnc1NCCN(C(C)C)C(C)C. The highest BCUT2D eigenvalue weighted by molar-refractivity contribution is 5.69. The highest BCUT2D eigenvalue weighted by atomic mass is 19.4. The number of aromatic nitrogens is 1. The van der Waals surface area contributed by atoms with Crippen molar-refractivity contribution in [3.8, 4) is 0 Å². The number of anilines is 2. The molecule has 2 aromatic rings. The number of hydrogen-bond donors (Lipinski definition) is 2. The molecule has 160 valence electrons. The van der Waals surface area contributed by atoms with Crippen molar-refractivity contribution in [2.75, 3.05) is 23.7 Å². The van der Waals surface area contributed by atoms with E-state index in [1.165, 1.54) is 6.20 Å². The van der Waals surface area contributed by atoms with Crippen LogP contribution in [0.4, 0.5) is 24.7 Å². The van der Waals surface area contributed by atoms with Gasteiger partial charge in [-0.3, -0.25) is 4.90 Å². The van der Waals surface area contributed by atoms with Crippen LogP contribution in [-0.2, 0) is 12.7 Å². The summed E-state index contributed by atoms with van der Waals surface area (Å²) in [6, 6.07) is 9.35. The van der Waals surface area contributed by atoms with Crippen LogP contribution in [0.15, 0.2) is 36.5 Å². The lowest BCUT2D eigenvalue weighted by Gasteiger charge is -2.30. The summed E-state index contributed by atoms with van der Waals surface area (Å²) < 4.78 is 40.8. The van der Waals surface area contributed by atoms with E-state index in [0.717, 1.165) is 17.2 Å². The molecule has 1 heterocycles. The first kappa shape index (κ1) is 23.0. The summed E-state index contributed by atoms with van der Waals surface area (Å²) in [5, 5.41) is 6.07. The molecule has 0 amide bonds. The van der Waals surface area contributed by atoms with Gasteiger partial charge in [0, 0.05) is 37.9 Å². The zero-order valence-electron chi connectivity index (χ0n) is 17.8. The minimum atomic E-state index is -4.46. The van der Waals surface area contributed by atoms with Crippen LogP contribution in [0, 0.1) is 6.92 Å². The Kier molecular flexibility index (Phi) is 7.90. The Morgan fingerprint density at radius 2 is 1.66 bits per heavy atom. The van der Waals surface area contributed by atoms with E-state index in [4.69, 9.17) is 0 Å². The van der Waals surface area contributed by atoms with E-state index in [-0.39, 0.29) is 11.5 Å². The average molecular weight is 409 g/mol. The fourth-order valence-electron chi connectivity index (χ4n) is 3.42. The molecule has 29 heavy (non-hydrogen) atoms. The number of hydrogen-bond acceptors (Lipinski definition) is 4. The number of alkyl halides is 3. The van der Waals surface area contributed by atoms with Gasteiger partial charge in [0.25, 0.3) is 0 Å². The molecule has 0 fully saturated rings. The Labute approximate surface area is 171 Å². The van der Waals surface area contributed by atoms with E-state index < -0.39 is 11.7 Å². The Morgan fingerprint density at radius 1 is 1.00 bits per heavy atom. The van der Waals surface area contributed by atoms with Gasteiger partial charge in [-0.2, -0.15) is 13.2 Å². The van der Waals surface area contributed by atoms with Gasteiger partial charge in [-0.1, -0.05) is 24.3 Å². The third-order valence-electron chi connectivity index (χ3n) is 4.96. The Morgan fingerprint density at radius 3 is 2.24 bits per heavy atom. The Hall–Kier alpha value is -2.28. The van der Waals surface area contributed by atoms with Crippen LogP contribution in [0.1, 0.15) is 44.4 Å². The molecule has 2 rings (SSSR count). The molecular formula is C22H31F3N4. The second-order valence-electron chi connectivity index (χ2n) is 7.71. The van der Waals surface area contributed by atoms with Gasteiger partial charge in [0.2, 0.25) is 0 Å². The number of pyridine rings is 1. The molecular weight excluding hydrogens is 377 g/mol. The molecule has 0 atom stereocenters. The van der Waals surface area contributed by atoms with Gasteiger partial charge in [-0.15, -0.1) is 0 Å². The first-order chi connectivity index (χ1) is 13.6. The van der Waals surface area contributed by atoms with Gasteiger partial charge in [-0.05, 0) is 51.8 Å². The van der Waals surface area contributed by atoms with Crippen molar-refractivity contribution in [2.45, 2.75) is 59.4 Å². The third kappa shape index (κ3) is 6.35. The quantitative estimate of drug-likeness (QED) is 0.571. The molecule has 0 aliphatic rings. The van der Waals surface area contributed by atoms with E-state index >= 15 is 0 Å². The lowest BCUT2D eigenvalue weighted by Crippen LogP contribution is -2.40. The van der Waals surface area contributed by atoms with E-state index in [1.807, 2.05) is 31.2 Å². The smallest absolute Gasteiger partial charge is 0.377 e. The van der Waals surface area contributed by atoms with Gasteiger partial charge in [0.1, 0.15) is 5.82 Å². The summed E-state index contributed by atoms with van der Waals surface area (Å²) in [6.07, 6.45) is -3.26. The number of benzene rings is 1. The Balaban J connectivity index is 2.22. The van der Waals surface area contributed by atoms with E-state index in [0.29, 0.717) is 31.7 Å². The summed E-state index contributed by atoms with van der Waals surface area (Å²) >= 11 is 0. The van der Waals surface area contributed by atoms with Crippen molar-refractivity contribution in [3.05, 3.63) is 53.2 Å². The first-order valence-electron chi connectivity index (χ1n) is 9.95. The van der Waals surface area contributed by atoms with Gasteiger partial charge in [-0.25, -0.2) is 4.98 Å². The monoisotopic (exact) mass is 408 g/mol. The normalized spacial score (nSPS) is 12.1. The second kappa shape index (κ2) is 9.96. The first-order valence-corrected chi connectivity index (χ1v) is 9.95. The molecule has 1 aromatic heterocycles. The largest absolute Gasteiger partial charge is 0.418 e. The maximum absolute atomic E-state index is 13.6. The third-order valence-corrected chi connectivity index (χ3v) is 4.96. The lowest BCUT2D eigenvalue weighted by atomic mass is 10.1. The van der Waals surface area contributed by atoms with Crippen LogP contribution >= 0.6 is 0 Å². The summed E-state index contributed by atoms with van der Waals surface area (Å²) in [5.74, 6) is 0.223. The average Bonchev–Trinajstić information content (AvgIpc) is 2.63. The number of halogens is 3. The number of rotatable bonds is 9. The molecule has 0 unspecified atom stereocenters. The highest BCUT2D eigenvalue weighted by Gasteiger charge is 2.35. The molecule has 0 saturated heterocycles. The zero-order chi connectivity index (χ0) is 21.6. The van der Waals surface area contributed by atoms with Crippen molar-refractivity contribution >= 4 is 11.5 Å². The van der Waals surface area contributed by atoms with Crippen LogP contribution in [0.2, 0.25) is 0 Å². The molecule has 1 aromatic carbocycles. The molecule has 2 N–H and O–H groups in total. The van der Waals surface area contributed by atoms with Gasteiger partial charge < -0.3 is 10.6 Å². The predicted octanol–water partition coefficient (Wildman–Crippen LogP) is 5.55. The van der Waals surface area contributed by atoms with Crippen molar-refractivity contribution in [2.24, 2.45) is 0 Å². The number of nitrogens with zero attached hydrogens (tertiary/aromatic N) is 2. The minimum Gasteiger partial charge on any atom is -0.377 e. The zero-order valence-corrected chi connectivity index (χ0v) is 17.8. The van der Waals surface area contributed by atoms with Crippen LogP contribution in [0.3, 0.4) is 0 Å². The fourth-order valence-corrected chi connectivity index (χ4v) is 3.42. The van der Waals surface area contributed by atoms with Crippen molar-refractivity contribution in [3.63, 3.8) is 0 Å². The van der Waals surface area contributed by atoms with Crippen molar-refractivity contribution in [1.29, 1.82) is 0 Å².